The summed E-state index contributed by atoms with van der Waals surface area (Å²) >= 11 is 0. The number of amides is 2. The van der Waals surface area contributed by atoms with Gasteiger partial charge in [-0.05, 0) is 50.4 Å². The lowest BCUT2D eigenvalue weighted by Gasteiger charge is -2.26. The Morgan fingerprint density at radius 2 is 1.60 bits per heavy atom. The van der Waals surface area contributed by atoms with Gasteiger partial charge in [-0.2, -0.15) is 0 Å². The van der Waals surface area contributed by atoms with Crippen molar-refractivity contribution in [3.05, 3.63) is 0 Å². The van der Waals surface area contributed by atoms with Crippen LogP contribution < -0.4 is 5.32 Å². The van der Waals surface area contributed by atoms with Gasteiger partial charge in [-0.15, -0.1) is 0 Å². The molecule has 3 rings (SSSR count). The van der Waals surface area contributed by atoms with Crippen LogP contribution in [-0.2, 0) is 4.79 Å². The summed E-state index contributed by atoms with van der Waals surface area (Å²) in [5, 5.41) is 12.2. The van der Waals surface area contributed by atoms with Gasteiger partial charge in [0.05, 0.1) is 5.92 Å². The molecule has 3 saturated carbocycles. The van der Waals surface area contributed by atoms with Gasteiger partial charge in [0.1, 0.15) is 0 Å². The van der Waals surface area contributed by atoms with Crippen molar-refractivity contribution in [3.8, 4) is 0 Å². The van der Waals surface area contributed by atoms with Crippen LogP contribution in [0.1, 0.15) is 44.9 Å². The Bertz CT molecular complexity index is 377. The molecule has 0 aliphatic heterocycles. The molecule has 0 spiro atoms. The summed E-state index contributed by atoms with van der Waals surface area (Å²) in [6, 6.07) is -0.220. The van der Waals surface area contributed by atoms with E-state index in [9.17, 15) is 14.7 Å². The van der Waals surface area contributed by atoms with Crippen LogP contribution in [0.25, 0.3) is 0 Å². The molecule has 2 N–H and O–H groups in total. The number of carboxylic acid groups (broad SMARTS) is 1. The lowest BCUT2D eigenvalue weighted by Crippen LogP contribution is -2.48. The average Bonchev–Trinajstić information content (AvgIpc) is 3.31. The minimum Gasteiger partial charge on any atom is -0.481 e. The summed E-state index contributed by atoms with van der Waals surface area (Å²) in [6.07, 6.45) is 7.30. The van der Waals surface area contributed by atoms with Gasteiger partial charge in [0.15, 0.2) is 0 Å². The first-order valence-electron chi connectivity index (χ1n) is 7.91. The third-order valence-electron chi connectivity index (χ3n) is 4.78. The largest absolute Gasteiger partial charge is 0.481 e. The van der Waals surface area contributed by atoms with E-state index in [4.69, 9.17) is 0 Å². The molecular weight excluding hydrogens is 256 g/mol. The summed E-state index contributed by atoms with van der Waals surface area (Å²) in [5.41, 5.74) is 0. The van der Waals surface area contributed by atoms with Crippen molar-refractivity contribution in [1.82, 2.24) is 10.2 Å². The number of nitrogens with zero attached hydrogens (tertiary/aromatic N) is 1. The molecule has 3 aliphatic carbocycles. The zero-order chi connectivity index (χ0) is 14.1. The van der Waals surface area contributed by atoms with Gasteiger partial charge in [0, 0.05) is 19.1 Å². The Morgan fingerprint density at radius 3 is 2.10 bits per heavy atom. The van der Waals surface area contributed by atoms with Crippen LogP contribution in [0, 0.1) is 17.8 Å². The quantitative estimate of drug-likeness (QED) is 0.782. The van der Waals surface area contributed by atoms with Gasteiger partial charge in [-0.25, -0.2) is 4.79 Å². The fourth-order valence-electron chi connectivity index (χ4n) is 3.14. The molecular formula is C15H24N2O3. The van der Waals surface area contributed by atoms with Gasteiger partial charge in [-0.3, -0.25) is 4.79 Å². The van der Waals surface area contributed by atoms with E-state index in [2.05, 4.69) is 5.32 Å². The normalized spacial score (nSPS) is 29.2. The Kier molecular flexibility index (Phi) is 3.85. The van der Waals surface area contributed by atoms with E-state index >= 15 is 0 Å². The molecule has 5 heteroatoms. The average molecular weight is 280 g/mol. The van der Waals surface area contributed by atoms with Crippen LogP contribution in [-0.4, -0.2) is 41.1 Å². The predicted molar refractivity (Wildman–Crippen MR) is 74.3 cm³/mol. The molecule has 3 aliphatic rings. The molecule has 0 heterocycles. The summed E-state index contributed by atoms with van der Waals surface area (Å²) < 4.78 is 0. The standard InChI is InChI=1S/C15H24N2O3/c18-14(19)12-2-1-3-13(12)16-15(20)17(8-10-4-5-10)9-11-6-7-11/h10-13H,1-9H2,(H,16,20)(H,18,19). The zero-order valence-electron chi connectivity index (χ0n) is 11.9. The highest BCUT2D eigenvalue weighted by atomic mass is 16.4. The molecule has 112 valence electrons. The van der Waals surface area contributed by atoms with E-state index in [1.165, 1.54) is 25.7 Å². The van der Waals surface area contributed by atoms with Crippen LogP contribution >= 0.6 is 0 Å². The number of carbonyl (C=O) groups excluding carboxylic acids is 1. The maximum Gasteiger partial charge on any atom is 0.317 e. The number of carbonyl (C=O) groups is 2. The maximum atomic E-state index is 12.4. The number of aliphatic carboxylic acids is 1. The van der Waals surface area contributed by atoms with Gasteiger partial charge in [0.2, 0.25) is 0 Å². The van der Waals surface area contributed by atoms with E-state index in [-0.39, 0.29) is 12.1 Å². The third kappa shape index (κ3) is 3.44. The molecule has 20 heavy (non-hydrogen) atoms. The number of nitrogens with one attached hydrogen (secondary N) is 1. The number of urea groups is 1. The van der Waals surface area contributed by atoms with E-state index in [0.717, 1.165) is 25.9 Å². The van der Waals surface area contributed by atoms with Crippen molar-refractivity contribution in [1.29, 1.82) is 0 Å². The molecule has 3 fully saturated rings. The molecule has 0 aromatic carbocycles. The molecule has 0 radical (unpaired) electrons. The lowest BCUT2D eigenvalue weighted by molar-refractivity contribution is -0.142. The Balaban J connectivity index is 1.55. The minimum absolute atomic E-state index is 0.0399. The molecule has 2 unspecified atom stereocenters. The van der Waals surface area contributed by atoms with Crippen molar-refractivity contribution >= 4 is 12.0 Å². The number of carboxylic acids is 1. The first kappa shape index (κ1) is 13.7. The molecule has 0 aromatic heterocycles. The zero-order valence-corrected chi connectivity index (χ0v) is 11.9. The first-order chi connectivity index (χ1) is 9.63. The summed E-state index contributed by atoms with van der Waals surface area (Å²) in [5.74, 6) is 0.183. The van der Waals surface area contributed by atoms with E-state index in [0.29, 0.717) is 18.3 Å². The second-order valence-corrected chi connectivity index (χ2v) is 6.72. The summed E-state index contributed by atoms with van der Waals surface area (Å²) in [6.45, 7) is 1.71. The molecule has 2 atom stereocenters. The Labute approximate surface area is 119 Å². The monoisotopic (exact) mass is 280 g/mol. The van der Waals surface area contributed by atoms with Gasteiger partial charge < -0.3 is 15.3 Å². The molecule has 5 nitrogen and oxygen atoms in total. The topological polar surface area (TPSA) is 69.6 Å². The minimum atomic E-state index is -0.774. The molecule has 2 amide bonds. The second kappa shape index (κ2) is 5.62. The van der Waals surface area contributed by atoms with E-state index in [1.54, 1.807) is 0 Å². The number of hydrogen-bond acceptors (Lipinski definition) is 2. The molecule has 0 bridgehead atoms. The van der Waals surface area contributed by atoms with Crippen molar-refractivity contribution in [2.24, 2.45) is 17.8 Å². The Hall–Kier alpha value is -1.26. The first-order valence-corrected chi connectivity index (χ1v) is 7.91. The van der Waals surface area contributed by atoms with Gasteiger partial charge in [-0.1, -0.05) is 6.42 Å². The fourth-order valence-corrected chi connectivity index (χ4v) is 3.14. The SMILES string of the molecule is O=C(O)C1CCCC1NC(=O)N(CC1CC1)CC1CC1. The smallest absolute Gasteiger partial charge is 0.317 e. The Morgan fingerprint density at radius 1 is 1.00 bits per heavy atom. The van der Waals surface area contributed by atoms with E-state index in [1.807, 2.05) is 4.90 Å². The lowest BCUT2D eigenvalue weighted by atomic mass is 10.0. The number of hydrogen-bond donors (Lipinski definition) is 2. The highest BCUT2D eigenvalue weighted by molar-refractivity contribution is 5.77. The van der Waals surface area contributed by atoms with Crippen LogP contribution in [0.15, 0.2) is 0 Å². The summed E-state index contributed by atoms with van der Waals surface area (Å²) in [4.78, 5) is 25.5. The van der Waals surface area contributed by atoms with Gasteiger partial charge >= 0.3 is 12.0 Å². The highest BCUT2D eigenvalue weighted by Gasteiger charge is 2.36. The predicted octanol–water partition coefficient (Wildman–Crippen LogP) is 2.07. The van der Waals surface area contributed by atoms with Crippen LogP contribution in [0.3, 0.4) is 0 Å². The fraction of sp³-hybridized carbons (Fsp3) is 0.867. The van der Waals surface area contributed by atoms with E-state index < -0.39 is 11.9 Å². The second-order valence-electron chi connectivity index (χ2n) is 6.72. The van der Waals surface area contributed by atoms with Crippen LogP contribution in [0.5, 0.6) is 0 Å². The van der Waals surface area contributed by atoms with Crippen LogP contribution in [0.4, 0.5) is 4.79 Å². The van der Waals surface area contributed by atoms with Crippen molar-refractivity contribution in [3.63, 3.8) is 0 Å². The van der Waals surface area contributed by atoms with Crippen molar-refractivity contribution in [2.75, 3.05) is 13.1 Å². The van der Waals surface area contributed by atoms with Gasteiger partial charge in [0.25, 0.3) is 0 Å². The maximum absolute atomic E-state index is 12.4. The van der Waals surface area contributed by atoms with Crippen LogP contribution in [0.2, 0.25) is 0 Å². The van der Waals surface area contributed by atoms with Crippen molar-refractivity contribution in [2.45, 2.75) is 51.0 Å². The number of rotatable bonds is 6. The highest BCUT2D eigenvalue weighted by Crippen LogP contribution is 2.34. The molecule has 0 saturated heterocycles. The summed E-state index contributed by atoms with van der Waals surface area (Å²) in [7, 11) is 0. The molecule has 0 aromatic rings. The third-order valence-corrected chi connectivity index (χ3v) is 4.78. The van der Waals surface area contributed by atoms with Crippen molar-refractivity contribution < 1.29 is 14.7 Å².